The largest absolute Gasteiger partial charge is 0.462 e. The number of hydrogen-bond acceptors (Lipinski definition) is 3. The fourth-order valence-electron chi connectivity index (χ4n) is 5.88. The van der Waals surface area contributed by atoms with Crippen LogP contribution in [0.5, 0.6) is 0 Å². The average molecular weight is 317 g/mol. The summed E-state index contributed by atoms with van der Waals surface area (Å²) in [7, 11) is 0. The molecule has 4 rings (SSSR count). The van der Waals surface area contributed by atoms with Crippen LogP contribution in [0.15, 0.2) is 12.2 Å². The van der Waals surface area contributed by atoms with E-state index in [1.807, 2.05) is 0 Å². The number of carbonyl (C=O) groups excluding carboxylic acids is 1. The van der Waals surface area contributed by atoms with Gasteiger partial charge in [-0.1, -0.05) is 25.5 Å². The fraction of sp³-hybridized carbons (Fsp3) is 0.850. The van der Waals surface area contributed by atoms with Crippen LogP contribution in [0.4, 0.5) is 0 Å². The minimum Gasteiger partial charge on any atom is -0.462 e. The van der Waals surface area contributed by atoms with Gasteiger partial charge in [0, 0.05) is 12.5 Å². The Balaban J connectivity index is 1.50. The molecule has 2 heterocycles. The number of likely N-dealkylation sites (tertiary alicyclic amines) is 1. The van der Waals surface area contributed by atoms with E-state index in [2.05, 4.69) is 18.4 Å². The van der Waals surface area contributed by atoms with Crippen LogP contribution in [-0.4, -0.2) is 36.6 Å². The van der Waals surface area contributed by atoms with Crippen LogP contribution in [0.2, 0.25) is 0 Å². The molecule has 2 aliphatic carbocycles. The molecule has 0 spiro atoms. The molecular formula is C20H31NO2. The quantitative estimate of drug-likeness (QED) is 0.573. The fourth-order valence-corrected chi connectivity index (χ4v) is 5.88. The molecule has 2 saturated carbocycles. The maximum absolute atomic E-state index is 12.5. The molecule has 3 heteroatoms. The second kappa shape index (κ2) is 5.91. The van der Waals surface area contributed by atoms with E-state index < -0.39 is 0 Å². The first-order valence-electron chi connectivity index (χ1n) is 9.67. The highest BCUT2D eigenvalue weighted by molar-refractivity contribution is 5.75. The molecule has 0 aromatic carbocycles. The normalized spacial score (nSPS) is 44.6. The Morgan fingerprint density at radius 1 is 1.26 bits per heavy atom. The lowest BCUT2D eigenvalue weighted by atomic mass is 9.55. The van der Waals surface area contributed by atoms with Gasteiger partial charge in [-0.3, -0.25) is 4.79 Å². The number of piperidine rings is 1. The third-order valence-corrected chi connectivity index (χ3v) is 7.22. The van der Waals surface area contributed by atoms with Crippen LogP contribution in [0.1, 0.15) is 58.3 Å². The van der Waals surface area contributed by atoms with E-state index in [0.717, 1.165) is 32.5 Å². The van der Waals surface area contributed by atoms with Gasteiger partial charge in [-0.05, 0) is 69.4 Å². The maximum atomic E-state index is 12.5. The third-order valence-electron chi connectivity index (χ3n) is 7.22. The van der Waals surface area contributed by atoms with Gasteiger partial charge < -0.3 is 9.64 Å². The van der Waals surface area contributed by atoms with Crippen LogP contribution in [-0.2, 0) is 9.53 Å². The number of esters is 1. The molecule has 5 atom stereocenters. The number of carbonyl (C=O) groups is 1. The van der Waals surface area contributed by atoms with Crippen LogP contribution < -0.4 is 0 Å². The van der Waals surface area contributed by atoms with Crippen molar-refractivity contribution in [2.24, 2.45) is 23.2 Å². The first kappa shape index (κ1) is 15.7. The van der Waals surface area contributed by atoms with E-state index in [-0.39, 0.29) is 18.0 Å². The van der Waals surface area contributed by atoms with Crippen LogP contribution in [0.3, 0.4) is 0 Å². The highest BCUT2D eigenvalue weighted by atomic mass is 16.6. The van der Waals surface area contributed by atoms with Gasteiger partial charge in [0.25, 0.3) is 0 Å². The van der Waals surface area contributed by atoms with Gasteiger partial charge in [0.05, 0.1) is 5.92 Å². The zero-order valence-corrected chi connectivity index (χ0v) is 14.6. The summed E-state index contributed by atoms with van der Waals surface area (Å²) in [6, 6.07) is 0. The summed E-state index contributed by atoms with van der Waals surface area (Å²) < 4.78 is 5.87. The van der Waals surface area contributed by atoms with E-state index in [9.17, 15) is 4.79 Å². The van der Waals surface area contributed by atoms with E-state index in [1.165, 1.54) is 44.1 Å². The zero-order chi connectivity index (χ0) is 16.0. The zero-order valence-electron chi connectivity index (χ0n) is 14.6. The van der Waals surface area contributed by atoms with Crippen molar-refractivity contribution in [1.29, 1.82) is 0 Å². The van der Waals surface area contributed by atoms with Gasteiger partial charge in [-0.2, -0.15) is 0 Å². The smallest absolute Gasteiger partial charge is 0.310 e. The first-order chi connectivity index (χ1) is 11.1. The van der Waals surface area contributed by atoms with E-state index >= 15 is 0 Å². The molecule has 2 aliphatic heterocycles. The standard InChI is InChI=1S/C20H31NO2/c1-14-7-6-8-20(2)12-18-15(11-17(14)20)16(19(22)23-18)13-21-9-4-3-5-10-21/h15-18H,1,3-13H2,2H3/t15-,16-,17-,18+,20+/m0/s1. The molecule has 128 valence electrons. The second-order valence-electron chi connectivity index (χ2n) is 8.77. The monoisotopic (exact) mass is 317 g/mol. The Labute approximate surface area is 140 Å². The molecule has 0 amide bonds. The molecular weight excluding hydrogens is 286 g/mol. The summed E-state index contributed by atoms with van der Waals surface area (Å²) in [6.07, 6.45) is 9.99. The van der Waals surface area contributed by atoms with Gasteiger partial charge >= 0.3 is 5.97 Å². The summed E-state index contributed by atoms with van der Waals surface area (Å²) in [5.41, 5.74) is 1.75. The molecule has 2 saturated heterocycles. The van der Waals surface area contributed by atoms with Crippen LogP contribution >= 0.6 is 0 Å². The van der Waals surface area contributed by atoms with Gasteiger partial charge in [0.1, 0.15) is 6.10 Å². The van der Waals surface area contributed by atoms with Crippen molar-refractivity contribution in [3.8, 4) is 0 Å². The minimum atomic E-state index is 0.0819. The average Bonchev–Trinajstić information content (AvgIpc) is 2.81. The summed E-state index contributed by atoms with van der Waals surface area (Å²) >= 11 is 0. The Kier molecular flexibility index (Phi) is 4.03. The molecule has 0 N–H and O–H groups in total. The Bertz CT molecular complexity index is 496. The summed E-state index contributed by atoms with van der Waals surface area (Å²) in [5.74, 6) is 1.23. The van der Waals surface area contributed by atoms with Crippen molar-refractivity contribution in [3.05, 3.63) is 12.2 Å². The Morgan fingerprint density at radius 3 is 2.83 bits per heavy atom. The highest BCUT2D eigenvalue weighted by Gasteiger charge is 2.55. The van der Waals surface area contributed by atoms with Crippen molar-refractivity contribution in [2.45, 2.75) is 64.4 Å². The summed E-state index contributed by atoms with van der Waals surface area (Å²) in [6.45, 7) is 10.0. The van der Waals surface area contributed by atoms with Crippen LogP contribution in [0, 0.1) is 23.2 Å². The SMILES string of the molecule is C=C1CCC[C@]2(C)C[C@H]3OC(=O)[C@@H](CN4CCCCC4)[C@@H]3C[C@@H]12. The van der Waals surface area contributed by atoms with E-state index in [1.54, 1.807) is 0 Å². The van der Waals surface area contributed by atoms with Gasteiger partial charge in [0.2, 0.25) is 0 Å². The van der Waals surface area contributed by atoms with Gasteiger partial charge in [-0.15, -0.1) is 0 Å². The first-order valence-corrected chi connectivity index (χ1v) is 9.67. The van der Waals surface area contributed by atoms with Crippen molar-refractivity contribution in [1.82, 2.24) is 4.90 Å². The number of rotatable bonds is 2. The molecule has 0 unspecified atom stereocenters. The Hall–Kier alpha value is -0.830. The molecule has 23 heavy (non-hydrogen) atoms. The molecule has 0 bridgehead atoms. The second-order valence-corrected chi connectivity index (χ2v) is 8.77. The van der Waals surface area contributed by atoms with Crippen LogP contribution in [0.25, 0.3) is 0 Å². The number of hydrogen-bond donors (Lipinski definition) is 0. The lowest BCUT2D eigenvalue weighted by molar-refractivity contribution is -0.146. The lowest BCUT2D eigenvalue weighted by Crippen LogP contribution is -2.46. The molecule has 0 radical (unpaired) electrons. The molecule has 0 aromatic heterocycles. The maximum Gasteiger partial charge on any atom is 0.310 e. The summed E-state index contributed by atoms with van der Waals surface area (Å²) in [5, 5.41) is 0. The third kappa shape index (κ3) is 2.75. The van der Waals surface area contributed by atoms with Crippen molar-refractivity contribution >= 4 is 5.97 Å². The molecule has 3 nitrogen and oxygen atoms in total. The van der Waals surface area contributed by atoms with Crippen molar-refractivity contribution in [2.75, 3.05) is 19.6 Å². The van der Waals surface area contributed by atoms with E-state index in [0.29, 0.717) is 17.3 Å². The van der Waals surface area contributed by atoms with Gasteiger partial charge in [0.15, 0.2) is 0 Å². The Morgan fingerprint density at radius 2 is 2.04 bits per heavy atom. The summed E-state index contributed by atoms with van der Waals surface area (Å²) in [4.78, 5) is 15.0. The minimum absolute atomic E-state index is 0.0819. The van der Waals surface area contributed by atoms with Crippen molar-refractivity contribution in [3.63, 3.8) is 0 Å². The van der Waals surface area contributed by atoms with Crippen molar-refractivity contribution < 1.29 is 9.53 Å². The number of allylic oxidation sites excluding steroid dienone is 1. The number of ether oxygens (including phenoxy) is 1. The lowest BCUT2D eigenvalue weighted by Gasteiger charge is -2.50. The van der Waals surface area contributed by atoms with E-state index in [4.69, 9.17) is 4.74 Å². The number of fused-ring (bicyclic) bond motifs is 2. The molecule has 4 aliphatic rings. The molecule has 0 aromatic rings. The predicted octanol–water partition coefficient (Wildman–Crippen LogP) is 3.79. The van der Waals surface area contributed by atoms with Gasteiger partial charge in [-0.25, -0.2) is 0 Å². The molecule has 4 fully saturated rings. The predicted molar refractivity (Wildman–Crippen MR) is 91.0 cm³/mol. The number of nitrogens with zero attached hydrogens (tertiary/aromatic N) is 1. The highest BCUT2D eigenvalue weighted by Crippen LogP contribution is 2.56. The topological polar surface area (TPSA) is 29.5 Å².